The van der Waals surface area contributed by atoms with Crippen molar-refractivity contribution < 1.29 is 0 Å². The minimum atomic E-state index is 0.753. The van der Waals surface area contributed by atoms with Crippen molar-refractivity contribution in [2.45, 2.75) is 77.4 Å². The van der Waals surface area contributed by atoms with Crippen molar-refractivity contribution in [1.82, 2.24) is 10.2 Å². The van der Waals surface area contributed by atoms with Gasteiger partial charge in [0.05, 0.1) is 0 Å². The summed E-state index contributed by atoms with van der Waals surface area (Å²) < 4.78 is 0. The molecule has 1 N–H and O–H groups in total. The highest BCUT2D eigenvalue weighted by Crippen LogP contribution is 2.26. The van der Waals surface area contributed by atoms with Crippen molar-refractivity contribution in [2.24, 2.45) is 5.92 Å². The Hall–Kier alpha value is -0.0800. The van der Waals surface area contributed by atoms with E-state index in [1.54, 1.807) is 0 Å². The molecule has 0 aromatic carbocycles. The molecule has 2 aliphatic heterocycles. The van der Waals surface area contributed by atoms with Crippen LogP contribution in [0.2, 0.25) is 0 Å². The number of piperidine rings is 2. The molecule has 2 nitrogen and oxygen atoms in total. The van der Waals surface area contributed by atoms with Crippen molar-refractivity contribution in [3.05, 3.63) is 0 Å². The molecule has 2 fully saturated rings. The zero-order chi connectivity index (χ0) is 12.3. The Bertz CT molecular complexity index is 223. The third-order valence-electron chi connectivity index (χ3n) is 5.03. The molecule has 2 heterocycles. The van der Waals surface area contributed by atoms with Gasteiger partial charge >= 0.3 is 0 Å². The maximum absolute atomic E-state index is 3.69. The molecular formula is C15H30N2. The van der Waals surface area contributed by atoms with Crippen LogP contribution >= 0.6 is 0 Å². The third kappa shape index (κ3) is 3.45. The fourth-order valence-electron chi connectivity index (χ4n) is 3.66. The van der Waals surface area contributed by atoms with Gasteiger partial charge in [-0.1, -0.05) is 13.3 Å². The lowest BCUT2D eigenvalue weighted by Gasteiger charge is -2.43. The Balaban J connectivity index is 1.83. The average molecular weight is 238 g/mol. The highest BCUT2D eigenvalue weighted by molar-refractivity contribution is 4.85. The van der Waals surface area contributed by atoms with Gasteiger partial charge in [0.2, 0.25) is 0 Å². The van der Waals surface area contributed by atoms with Crippen LogP contribution in [0.4, 0.5) is 0 Å². The van der Waals surface area contributed by atoms with Crippen LogP contribution in [0.1, 0.15) is 59.3 Å². The van der Waals surface area contributed by atoms with E-state index in [0.29, 0.717) is 0 Å². The van der Waals surface area contributed by atoms with Gasteiger partial charge in [0, 0.05) is 18.1 Å². The first-order valence-electron chi connectivity index (χ1n) is 7.67. The Morgan fingerprint density at radius 3 is 2.71 bits per heavy atom. The number of likely N-dealkylation sites (tertiary alicyclic amines) is 1. The van der Waals surface area contributed by atoms with Gasteiger partial charge < -0.3 is 5.32 Å². The molecule has 0 aliphatic carbocycles. The summed E-state index contributed by atoms with van der Waals surface area (Å²) in [5.74, 6) is 0.880. The molecule has 2 rings (SSSR count). The van der Waals surface area contributed by atoms with Crippen LogP contribution in [0.5, 0.6) is 0 Å². The Morgan fingerprint density at radius 1 is 1.18 bits per heavy atom. The van der Waals surface area contributed by atoms with Crippen molar-refractivity contribution in [3.63, 3.8) is 0 Å². The van der Waals surface area contributed by atoms with Gasteiger partial charge in [-0.2, -0.15) is 0 Å². The fraction of sp³-hybridized carbons (Fsp3) is 1.00. The van der Waals surface area contributed by atoms with E-state index in [1.807, 2.05) is 0 Å². The van der Waals surface area contributed by atoms with Crippen LogP contribution in [0, 0.1) is 5.92 Å². The lowest BCUT2D eigenvalue weighted by atomic mass is 9.89. The molecule has 0 radical (unpaired) electrons. The molecule has 0 saturated carbocycles. The largest absolute Gasteiger partial charge is 0.314 e. The third-order valence-corrected chi connectivity index (χ3v) is 5.03. The van der Waals surface area contributed by atoms with Crippen molar-refractivity contribution in [2.75, 3.05) is 13.1 Å². The number of nitrogens with one attached hydrogen (secondary N) is 1. The molecule has 4 unspecified atom stereocenters. The Morgan fingerprint density at radius 2 is 2.00 bits per heavy atom. The SMILES string of the molecule is CC1CCCN(C(C)CC2CCCCN2)C1C. The van der Waals surface area contributed by atoms with Crippen LogP contribution in [-0.4, -0.2) is 36.1 Å². The maximum atomic E-state index is 3.69. The molecule has 17 heavy (non-hydrogen) atoms. The van der Waals surface area contributed by atoms with E-state index < -0.39 is 0 Å². The first kappa shape index (κ1) is 13.4. The number of hydrogen-bond acceptors (Lipinski definition) is 2. The summed E-state index contributed by atoms with van der Waals surface area (Å²) in [7, 11) is 0. The standard InChI is InChI=1S/C15H30N2/c1-12-7-6-10-17(14(12)3)13(2)11-15-8-4-5-9-16-15/h12-16H,4-11H2,1-3H3. The van der Waals surface area contributed by atoms with Gasteiger partial charge in [-0.25, -0.2) is 0 Å². The van der Waals surface area contributed by atoms with E-state index in [4.69, 9.17) is 0 Å². The average Bonchev–Trinajstić information content (AvgIpc) is 2.34. The van der Waals surface area contributed by atoms with Crippen molar-refractivity contribution in [3.8, 4) is 0 Å². The van der Waals surface area contributed by atoms with Gasteiger partial charge in [0.25, 0.3) is 0 Å². The normalized spacial score (nSPS) is 37.9. The van der Waals surface area contributed by atoms with E-state index in [2.05, 4.69) is 31.0 Å². The molecule has 2 heteroatoms. The van der Waals surface area contributed by atoms with E-state index in [9.17, 15) is 0 Å². The first-order valence-corrected chi connectivity index (χ1v) is 7.67. The van der Waals surface area contributed by atoms with Crippen molar-refractivity contribution >= 4 is 0 Å². The minimum absolute atomic E-state index is 0.753. The summed E-state index contributed by atoms with van der Waals surface area (Å²) in [6.45, 7) is 9.84. The van der Waals surface area contributed by atoms with Gasteiger partial charge in [0.1, 0.15) is 0 Å². The lowest BCUT2D eigenvalue weighted by Crippen LogP contribution is -2.49. The number of nitrogens with zero attached hydrogens (tertiary/aromatic N) is 1. The van der Waals surface area contributed by atoms with E-state index in [-0.39, 0.29) is 0 Å². The summed E-state index contributed by atoms with van der Waals surface area (Å²) in [4.78, 5) is 2.75. The predicted molar refractivity (Wildman–Crippen MR) is 74.3 cm³/mol. The molecule has 0 spiro atoms. The molecule has 0 bridgehead atoms. The van der Waals surface area contributed by atoms with E-state index in [0.717, 1.165) is 24.0 Å². The summed E-state index contributed by atoms with van der Waals surface area (Å²) in [6.07, 6.45) is 8.36. The predicted octanol–water partition coefficient (Wildman–Crippen LogP) is 3.03. The van der Waals surface area contributed by atoms with Gasteiger partial charge in [0.15, 0.2) is 0 Å². The van der Waals surface area contributed by atoms with Crippen LogP contribution in [0.15, 0.2) is 0 Å². The van der Waals surface area contributed by atoms with Crippen LogP contribution in [-0.2, 0) is 0 Å². The zero-order valence-corrected chi connectivity index (χ0v) is 11.9. The number of hydrogen-bond donors (Lipinski definition) is 1. The molecule has 2 saturated heterocycles. The van der Waals surface area contributed by atoms with Gasteiger partial charge in [-0.15, -0.1) is 0 Å². The summed E-state index contributed by atoms with van der Waals surface area (Å²) in [6, 6.07) is 2.31. The Kier molecular flexibility index (Phi) is 4.87. The zero-order valence-electron chi connectivity index (χ0n) is 11.9. The molecule has 2 aliphatic rings. The lowest BCUT2D eigenvalue weighted by molar-refractivity contribution is 0.0653. The minimum Gasteiger partial charge on any atom is -0.314 e. The second kappa shape index (κ2) is 6.19. The van der Waals surface area contributed by atoms with Crippen LogP contribution in [0.3, 0.4) is 0 Å². The molecule has 4 atom stereocenters. The molecular weight excluding hydrogens is 208 g/mol. The maximum Gasteiger partial charge on any atom is 0.00953 e. The van der Waals surface area contributed by atoms with Gasteiger partial charge in [-0.3, -0.25) is 4.90 Å². The van der Waals surface area contributed by atoms with Gasteiger partial charge in [-0.05, 0) is 65.0 Å². The summed E-state index contributed by atoms with van der Waals surface area (Å²) in [5.41, 5.74) is 0. The first-order chi connectivity index (χ1) is 8.18. The van der Waals surface area contributed by atoms with E-state index >= 15 is 0 Å². The van der Waals surface area contributed by atoms with Crippen LogP contribution < -0.4 is 5.32 Å². The topological polar surface area (TPSA) is 15.3 Å². The monoisotopic (exact) mass is 238 g/mol. The Labute approximate surface area is 107 Å². The van der Waals surface area contributed by atoms with Crippen LogP contribution in [0.25, 0.3) is 0 Å². The molecule has 0 aromatic rings. The molecule has 100 valence electrons. The second-order valence-corrected chi connectivity index (χ2v) is 6.33. The molecule has 0 amide bonds. The second-order valence-electron chi connectivity index (χ2n) is 6.33. The highest BCUT2D eigenvalue weighted by Gasteiger charge is 2.29. The quantitative estimate of drug-likeness (QED) is 0.813. The molecule has 0 aromatic heterocycles. The summed E-state index contributed by atoms with van der Waals surface area (Å²) >= 11 is 0. The fourth-order valence-corrected chi connectivity index (χ4v) is 3.66. The van der Waals surface area contributed by atoms with E-state index in [1.165, 1.54) is 51.6 Å². The van der Waals surface area contributed by atoms with Crippen molar-refractivity contribution in [1.29, 1.82) is 0 Å². The smallest absolute Gasteiger partial charge is 0.00953 e. The number of rotatable bonds is 3. The highest BCUT2D eigenvalue weighted by atomic mass is 15.2. The summed E-state index contributed by atoms with van der Waals surface area (Å²) in [5, 5.41) is 3.69.